The van der Waals surface area contributed by atoms with E-state index in [9.17, 15) is 9.59 Å². The summed E-state index contributed by atoms with van der Waals surface area (Å²) >= 11 is 6.79. The number of thiazole rings is 1. The number of nitrogens with one attached hydrogen (secondary N) is 2. The molecule has 0 bridgehead atoms. The smallest absolute Gasteiger partial charge is 0.262 e. The molecule has 138 valence electrons. The molecule has 2 aromatic heterocycles. The monoisotopic (exact) mass is 398 g/mol. The second kappa shape index (κ2) is 7.21. The average Bonchev–Trinajstić information content (AvgIpc) is 3.07. The number of anilines is 1. The van der Waals surface area contributed by atoms with Gasteiger partial charge in [0.25, 0.3) is 11.5 Å². The van der Waals surface area contributed by atoms with Crippen molar-refractivity contribution in [3.63, 3.8) is 0 Å². The van der Waals surface area contributed by atoms with Crippen molar-refractivity contribution >= 4 is 45.5 Å². The van der Waals surface area contributed by atoms with Gasteiger partial charge < -0.3 is 4.98 Å². The second-order valence-corrected chi connectivity index (χ2v) is 7.92. The van der Waals surface area contributed by atoms with E-state index in [2.05, 4.69) is 21.9 Å². The number of hydrogen-bond donors (Lipinski definition) is 2. The lowest BCUT2D eigenvalue weighted by molar-refractivity contribution is 0.102. The fourth-order valence-corrected chi connectivity index (χ4v) is 4.58. The van der Waals surface area contributed by atoms with E-state index in [0.717, 1.165) is 25.0 Å². The Bertz CT molecular complexity index is 1150. The molecule has 1 aromatic carbocycles. The van der Waals surface area contributed by atoms with Crippen molar-refractivity contribution in [2.45, 2.75) is 32.2 Å². The van der Waals surface area contributed by atoms with Crippen LogP contribution in [-0.2, 0) is 19.4 Å². The van der Waals surface area contributed by atoms with Crippen LogP contribution in [0.3, 0.4) is 0 Å². The topological polar surface area (TPSA) is 79.8 Å². The maximum atomic E-state index is 12.6. The van der Waals surface area contributed by atoms with Gasteiger partial charge in [-0.3, -0.25) is 19.5 Å². The Hall–Kier alpha value is -2.58. The van der Waals surface area contributed by atoms with Crippen LogP contribution in [0.2, 0.25) is 0 Å². The molecule has 2 heterocycles. The number of allylic oxidation sites excluding steroid dienone is 1. The predicted molar refractivity (Wildman–Crippen MR) is 110 cm³/mol. The molecule has 1 aliphatic rings. The number of amides is 1. The van der Waals surface area contributed by atoms with Crippen molar-refractivity contribution in [2.75, 3.05) is 5.32 Å². The van der Waals surface area contributed by atoms with E-state index in [1.165, 1.54) is 15.9 Å². The molecule has 0 atom stereocenters. The lowest BCUT2D eigenvalue weighted by Gasteiger charge is -2.07. The first kappa shape index (κ1) is 17.8. The van der Waals surface area contributed by atoms with Crippen LogP contribution in [0.4, 0.5) is 5.13 Å². The molecule has 0 aliphatic heterocycles. The standard InChI is InChI=1S/C19H18N4O2S2/c1-2-9-23-17(25)12-8-7-11(10-14(12)21-19(23)26)16(24)22-18-20-13-5-3-4-6-15(13)27-18/h2,7-8,10H,1,3-6,9H2,(H,21,26)(H,20,22,24). The van der Waals surface area contributed by atoms with Crippen LogP contribution in [-0.4, -0.2) is 20.4 Å². The number of aromatic amines is 1. The molecule has 1 amide bonds. The number of carbonyl (C=O) groups excluding carboxylic acids is 1. The van der Waals surface area contributed by atoms with Gasteiger partial charge in [-0.15, -0.1) is 17.9 Å². The molecular formula is C19H18N4O2S2. The van der Waals surface area contributed by atoms with Crippen LogP contribution in [0.5, 0.6) is 0 Å². The zero-order chi connectivity index (χ0) is 19.0. The summed E-state index contributed by atoms with van der Waals surface area (Å²) in [4.78, 5) is 34.0. The first-order valence-corrected chi connectivity index (χ1v) is 9.97. The Morgan fingerprint density at radius 1 is 1.41 bits per heavy atom. The zero-order valence-electron chi connectivity index (χ0n) is 14.6. The van der Waals surface area contributed by atoms with E-state index in [-0.39, 0.29) is 11.5 Å². The highest BCUT2D eigenvalue weighted by Gasteiger charge is 2.17. The largest absolute Gasteiger partial charge is 0.332 e. The van der Waals surface area contributed by atoms with Gasteiger partial charge in [-0.2, -0.15) is 0 Å². The molecule has 3 aromatic rings. The number of hydrogen-bond acceptors (Lipinski definition) is 5. The Balaban J connectivity index is 1.65. The summed E-state index contributed by atoms with van der Waals surface area (Å²) in [7, 11) is 0. The fourth-order valence-electron chi connectivity index (χ4n) is 3.27. The minimum atomic E-state index is -0.252. The van der Waals surface area contributed by atoms with Gasteiger partial charge in [0.15, 0.2) is 9.90 Å². The number of aromatic nitrogens is 3. The molecule has 6 nitrogen and oxygen atoms in total. The van der Waals surface area contributed by atoms with Crippen molar-refractivity contribution in [3.05, 3.63) is 62.1 Å². The third-order valence-corrected chi connectivity index (χ3v) is 6.02. The first-order valence-electron chi connectivity index (χ1n) is 8.74. The summed E-state index contributed by atoms with van der Waals surface area (Å²) in [6.07, 6.45) is 5.96. The lowest BCUT2D eigenvalue weighted by Crippen LogP contribution is -2.22. The maximum Gasteiger partial charge on any atom is 0.262 e. The fraction of sp³-hybridized carbons (Fsp3) is 0.263. The Labute approximate surface area is 164 Å². The van der Waals surface area contributed by atoms with E-state index < -0.39 is 0 Å². The van der Waals surface area contributed by atoms with Gasteiger partial charge in [-0.05, 0) is 56.1 Å². The molecule has 0 spiro atoms. The zero-order valence-corrected chi connectivity index (χ0v) is 16.2. The molecule has 2 N–H and O–H groups in total. The summed E-state index contributed by atoms with van der Waals surface area (Å²) in [6.45, 7) is 3.98. The van der Waals surface area contributed by atoms with Crippen molar-refractivity contribution in [2.24, 2.45) is 0 Å². The van der Waals surface area contributed by atoms with Crippen LogP contribution in [0.25, 0.3) is 10.9 Å². The number of carbonyl (C=O) groups is 1. The quantitative estimate of drug-likeness (QED) is 0.517. The van der Waals surface area contributed by atoms with Gasteiger partial charge in [-0.25, -0.2) is 4.98 Å². The van der Waals surface area contributed by atoms with Crippen LogP contribution in [0.1, 0.15) is 33.8 Å². The third-order valence-electron chi connectivity index (χ3n) is 4.62. The highest BCUT2D eigenvalue weighted by atomic mass is 32.1. The Morgan fingerprint density at radius 2 is 2.22 bits per heavy atom. The van der Waals surface area contributed by atoms with Crippen molar-refractivity contribution < 1.29 is 4.79 Å². The molecule has 27 heavy (non-hydrogen) atoms. The van der Waals surface area contributed by atoms with Crippen LogP contribution in [0.15, 0.2) is 35.6 Å². The molecule has 0 saturated heterocycles. The van der Waals surface area contributed by atoms with E-state index in [0.29, 0.717) is 32.9 Å². The van der Waals surface area contributed by atoms with E-state index in [1.54, 1.807) is 35.6 Å². The predicted octanol–water partition coefficient (Wildman–Crippen LogP) is 3.83. The highest BCUT2D eigenvalue weighted by molar-refractivity contribution is 7.71. The SMILES string of the molecule is C=CCn1c(=S)[nH]c2cc(C(=O)Nc3nc4c(s3)CCCC4)ccc2c1=O. The number of fused-ring (bicyclic) bond motifs is 2. The summed E-state index contributed by atoms with van der Waals surface area (Å²) in [5, 5.41) is 3.98. The molecule has 0 saturated carbocycles. The van der Waals surface area contributed by atoms with Crippen molar-refractivity contribution in [1.29, 1.82) is 0 Å². The van der Waals surface area contributed by atoms with Gasteiger partial charge in [0.05, 0.1) is 16.6 Å². The minimum Gasteiger partial charge on any atom is -0.332 e. The van der Waals surface area contributed by atoms with E-state index in [4.69, 9.17) is 12.2 Å². The molecule has 8 heteroatoms. The van der Waals surface area contributed by atoms with E-state index >= 15 is 0 Å². The minimum absolute atomic E-state index is 0.201. The lowest BCUT2D eigenvalue weighted by atomic mass is 10.0. The van der Waals surface area contributed by atoms with Crippen LogP contribution in [0, 0.1) is 4.77 Å². The maximum absolute atomic E-state index is 12.6. The summed E-state index contributed by atoms with van der Waals surface area (Å²) in [5.74, 6) is -0.252. The van der Waals surface area contributed by atoms with E-state index in [1.807, 2.05) is 0 Å². The molecule has 0 radical (unpaired) electrons. The number of rotatable bonds is 4. The number of H-pyrrole nitrogens is 1. The Kier molecular flexibility index (Phi) is 4.75. The molecule has 4 rings (SSSR count). The summed E-state index contributed by atoms with van der Waals surface area (Å²) < 4.78 is 1.74. The van der Waals surface area contributed by atoms with Gasteiger partial charge in [-0.1, -0.05) is 6.08 Å². The van der Waals surface area contributed by atoms with Gasteiger partial charge in [0, 0.05) is 17.0 Å². The molecular weight excluding hydrogens is 380 g/mol. The van der Waals surface area contributed by atoms with Gasteiger partial charge >= 0.3 is 0 Å². The second-order valence-electron chi connectivity index (χ2n) is 6.45. The normalized spacial score (nSPS) is 13.3. The highest BCUT2D eigenvalue weighted by Crippen LogP contribution is 2.29. The number of aryl methyl sites for hydroxylation is 2. The molecule has 1 aliphatic carbocycles. The third kappa shape index (κ3) is 3.38. The number of nitrogens with zero attached hydrogens (tertiary/aromatic N) is 2. The molecule has 0 fully saturated rings. The molecule has 0 unspecified atom stereocenters. The number of benzene rings is 1. The van der Waals surface area contributed by atoms with Crippen LogP contribution >= 0.6 is 23.6 Å². The van der Waals surface area contributed by atoms with Crippen LogP contribution < -0.4 is 10.9 Å². The van der Waals surface area contributed by atoms with Gasteiger partial charge in [0.2, 0.25) is 0 Å². The van der Waals surface area contributed by atoms with Crippen molar-refractivity contribution in [1.82, 2.24) is 14.5 Å². The average molecular weight is 399 g/mol. The van der Waals surface area contributed by atoms with Crippen molar-refractivity contribution in [3.8, 4) is 0 Å². The first-order chi connectivity index (χ1) is 13.1. The summed E-state index contributed by atoms with van der Waals surface area (Å²) in [5.41, 5.74) is 1.89. The summed E-state index contributed by atoms with van der Waals surface area (Å²) in [6, 6.07) is 4.93. The Morgan fingerprint density at radius 3 is 3.00 bits per heavy atom. The van der Waals surface area contributed by atoms with Gasteiger partial charge in [0.1, 0.15) is 0 Å².